The van der Waals surface area contributed by atoms with Crippen LogP contribution in [0.25, 0.3) is 21.8 Å². The summed E-state index contributed by atoms with van der Waals surface area (Å²) in [6, 6.07) is 7.90. The van der Waals surface area contributed by atoms with Gasteiger partial charge >= 0.3 is 5.97 Å². The summed E-state index contributed by atoms with van der Waals surface area (Å²) >= 11 is 6.23. The van der Waals surface area contributed by atoms with E-state index in [1.54, 1.807) is 38.1 Å². The van der Waals surface area contributed by atoms with Gasteiger partial charge in [-0.15, -0.1) is 0 Å². The highest BCUT2D eigenvalue weighted by molar-refractivity contribution is 6.35. The number of aryl methyl sites for hydroxylation is 2. The van der Waals surface area contributed by atoms with Crippen molar-refractivity contribution in [3.05, 3.63) is 69.2 Å². The number of carbonyl (C=O) groups is 2. The summed E-state index contributed by atoms with van der Waals surface area (Å²) in [5.41, 5.74) is 8.17. The van der Waals surface area contributed by atoms with Crippen LogP contribution in [0.3, 0.4) is 0 Å². The molecule has 29 heavy (non-hydrogen) atoms. The second-order valence-electron chi connectivity index (χ2n) is 6.99. The first kappa shape index (κ1) is 19.0. The number of aromatic carboxylic acids is 1. The average molecular weight is 414 g/mol. The van der Waals surface area contributed by atoms with E-state index in [-0.39, 0.29) is 16.8 Å². The van der Waals surface area contributed by atoms with E-state index in [0.717, 1.165) is 5.56 Å². The van der Waals surface area contributed by atoms with Gasteiger partial charge in [0.1, 0.15) is 11.5 Å². The van der Waals surface area contributed by atoms with Crippen molar-refractivity contribution < 1.29 is 19.1 Å². The molecule has 0 fully saturated rings. The average Bonchev–Trinajstić information content (AvgIpc) is 3.20. The molecule has 0 spiro atoms. The maximum absolute atomic E-state index is 14.4. The molecule has 5 N–H and O–H groups in total. The molecule has 0 aliphatic heterocycles. The number of nitrogens with two attached hydrogens (primary N) is 1. The quantitative estimate of drug-likeness (QED) is 0.398. The van der Waals surface area contributed by atoms with Crippen molar-refractivity contribution in [2.24, 2.45) is 5.73 Å². The van der Waals surface area contributed by atoms with Gasteiger partial charge in [0, 0.05) is 22.0 Å². The van der Waals surface area contributed by atoms with Crippen LogP contribution in [0.4, 0.5) is 4.39 Å². The number of hydrogen-bond acceptors (Lipinski definition) is 2. The lowest BCUT2D eigenvalue weighted by molar-refractivity contribution is -0.118. The first-order chi connectivity index (χ1) is 13.7. The number of fused-ring (bicyclic) bond motifs is 2. The van der Waals surface area contributed by atoms with E-state index in [1.807, 2.05) is 0 Å². The number of hydrogen-bond donors (Lipinski definition) is 4. The topological polar surface area (TPSA) is 112 Å². The van der Waals surface area contributed by atoms with Crippen molar-refractivity contribution in [2.75, 3.05) is 0 Å². The zero-order valence-corrected chi connectivity index (χ0v) is 16.3. The van der Waals surface area contributed by atoms with Gasteiger partial charge in [0.2, 0.25) is 5.91 Å². The number of carbonyl (C=O) groups excluding carboxylic acids is 1. The van der Waals surface area contributed by atoms with Crippen LogP contribution in [-0.4, -0.2) is 27.0 Å². The van der Waals surface area contributed by atoms with Crippen molar-refractivity contribution in [1.29, 1.82) is 0 Å². The first-order valence-electron chi connectivity index (χ1n) is 8.82. The van der Waals surface area contributed by atoms with Gasteiger partial charge in [-0.1, -0.05) is 29.8 Å². The van der Waals surface area contributed by atoms with Crippen LogP contribution in [-0.2, 0) is 4.79 Å². The summed E-state index contributed by atoms with van der Waals surface area (Å²) in [6.07, 6.45) is 0. The van der Waals surface area contributed by atoms with Crippen LogP contribution >= 0.6 is 11.6 Å². The summed E-state index contributed by atoms with van der Waals surface area (Å²) in [4.78, 5) is 30.4. The predicted octanol–water partition coefficient (Wildman–Crippen LogP) is 4.37. The SMILES string of the molecule is Cc1[nH]c2c(F)ccc(C)c2c1C(C(N)=O)c1c(C(=O)O)[nH]c2c(Cl)cccc12. The number of primary amides is 1. The highest BCUT2D eigenvalue weighted by atomic mass is 35.5. The number of rotatable bonds is 4. The van der Waals surface area contributed by atoms with E-state index in [0.29, 0.717) is 32.6 Å². The number of para-hydroxylation sites is 1. The molecule has 2 aromatic carbocycles. The molecule has 4 aromatic rings. The zero-order valence-electron chi connectivity index (χ0n) is 15.6. The summed E-state index contributed by atoms with van der Waals surface area (Å²) in [6.45, 7) is 3.49. The zero-order chi connectivity index (χ0) is 21.0. The minimum Gasteiger partial charge on any atom is -0.477 e. The molecule has 0 radical (unpaired) electrons. The Balaban J connectivity index is 2.15. The molecule has 2 aromatic heterocycles. The molecule has 0 aliphatic rings. The van der Waals surface area contributed by atoms with Crippen LogP contribution in [0.5, 0.6) is 0 Å². The number of aromatic amines is 2. The number of H-pyrrole nitrogens is 2. The van der Waals surface area contributed by atoms with Crippen LogP contribution in [0.15, 0.2) is 30.3 Å². The third-order valence-electron chi connectivity index (χ3n) is 5.25. The molecular formula is C21H17ClFN3O3. The van der Waals surface area contributed by atoms with Gasteiger partial charge in [0.25, 0.3) is 0 Å². The van der Waals surface area contributed by atoms with Crippen LogP contribution in [0.1, 0.15) is 38.8 Å². The molecule has 1 atom stereocenters. The summed E-state index contributed by atoms with van der Waals surface area (Å²) in [7, 11) is 0. The normalized spacial score (nSPS) is 12.6. The van der Waals surface area contributed by atoms with Crippen molar-refractivity contribution in [2.45, 2.75) is 19.8 Å². The molecule has 0 bridgehead atoms. The third-order valence-corrected chi connectivity index (χ3v) is 5.56. The van der Waals surface area contributed by atoms with Gasteiger partial charge < -0.3 is 20.8 Å². The van der Waals surface area contributed by atoms with Crippen LogP contribution in [0, 0.1) is 19.7 Å². The summed E-state index contributed by atoms with van der Waals surface area (Å²) in [5.74, 6) is -3.59. The highest BCUT2D eigenvalue weighted by Gasteiger charge is 2.34. The largest absolute Gasteiger partial charge is 0.477 e. The Morgan fingerprint density at radius 1 is 1.10 bits per heavy atom. The fraction of sp³-hybridized carbons (Fsp3) is 0.143. The van der Waals surface area contributed by atoms with E-state index in [9.17, 15) is 19.1 Å². The Labute approximate surface area is 169 Å². The van der Waals surface area contributed by atoms with Gasteiger partial charge in [-0.2, -0.15) is 0 Å². The minimum absolute atomic E-state index is 0.181. The Morgan fingerprint density at radius 3 is 2.48 bits per heavy atom. The van der Waals surface area contributed by atoms with E-state index < -0.39 is 23.6 Å². The Bertz CT molecular complexity index is 1320. The second-order valence-corrected chi connectivity index (χ2v) is 7.40. The number of nitrogens with one attached hydrogen (secondary N) is 2. The molecule has 148 valence electrons. The van der Waals surface area contributed by atoms with Crippen molar-refractivity contribution >= 4 is 45.3 Å². The molecule has 2 heterocycles. The van der Waals surface area contributed by atoms with E-state index >= 15 is 0 Å². The molecule has 8 heteroatoms. The molecule has 0 saturated heterocycles. The highest BCUT2D eigenvalue weighted by Crippen LogP contribution is 2.41. The standard InChI is InChI=1S/C21H17ClFN3O3/c1-8-6-7-12(23)18-13(8)14(9(2)25-18)16(20(24)27)15-10-4-3-5-11(22)17(10)26-19(15)21(28)29/h3-7,16,25-26H,1-2H3,(H2,24,27)(H,28,29). The monoisotopic (exact) mass is 413 g/mol. The van der Waals surface area contributed by atoms with Gasteiger partial charge in [-0.3, -0.25) is 4.79 Å². The third kappa shape index (κ3) is 2.77. The summed E-state index contributed by atoms with van der Waals surface area (Å²) in [5, 5.41) is 11.1. The number of halogens is 2. The molecular weight excluding hydrogens is 397 g/mol. The molecule has 1 unspecified atom stereocenters. The second kappa shape index (κ2) is 6.63. The van der Waals surface area contributed by atoms with Crippen molar-refractivity contribution in [1.82, 2.24) is 9.97 Å². The van der Waals surface area contributed by atoms with E-state index in [4.69, 9.17) is 17.3 Å². The lowest BCUT2D eigenvalue weighted by Crippen LogP contribution is -2.24. The Kier molecular flexibility index (Phi) is 4.35. The fourth-order valence-corrected chi connectivity index (χ4v) is 4.28. The van der Waals surface area contributed by atoms with E-state index in [1.165, 1.54) is 6.07 Å². The maximum Gasteiger partial charge on any atom is 0.352 e. The molecule has 1 amide bonds. The Hall–Kier alpha value is -3.32. The minimum atomic E-state index is -1.25. The molecule has 0 saturated carbocycles. The fourth-order valence-electron chi connectivity index (χ4n) is 4.05. The van der Waals surface area contributed by atoms with Gasteiger partial charge in [0.15, 0.2) is 0 Å². The molecule has 6 nitrogen and oxygen atoms in total. The van der Waals surface area contributed by atoms with Gasteiger partial charge in [-0.25, -0.2) is 9.18 Å². The number of aromatic nitrogens is 2. The Morgan fingerprint density at radius 2 is 1.83 bits per heavy atom. The molecule has 4 rings (SSSR count). The predicted molar refractivity (Wildman–Crippen MR) is 109 cm³/mol. The number of amides is 1. The molecule has 0 aliphatic carbocycles. The van der Waals surface area contributed by atoms with Crippen molar-refractivity contribution in [3.63, 3.8) is 0 Å². The number of carboxylic acids is 1. The van der Waals surface area contributed by atoms with Crippen LogP contribution in [0.2, 0.25) is 5.02 Å². The summed E-state index contributed by atoms with van der Waals surface area (Å²) < 4.78 is 14.4. The maximum atomic E-state index is 14.4. The van der Waals surface area contributed by atoms with Crippen LogP contribution < -0.4 is 5.73 Å². The number of carboxylic acid groups (broad SMARTS) is 1. The lowest BCUT2D eigenvalue weighted by Gasteiger charge is -2.16. The van der Waals surface area contributed by atoms with Gasteiger partial charge in [0.05, 0.1) is 22.0 Å². The first-order valence-corrected chi connectivity index (χ1v) is 9.20. The van der Waals surface area contributed by atoms with Crippen molar-refractivity contribution in [3.8, 4) is 0 Å². The lowest BCUT2D eigenvalue weighted by atomic mass is 9.85. The van der Waals surface area contributed by atoms with E-state index in [2.05, 4.69) is 9.97 Å². The number of benzene rings is 2. The smallest absolute Gasteiger partial charge is 0.352 e. The van der Waals surface area contributed by atoms with Gasteiger partial charge in [-0.05, 0) is 37.1 Å².